The normalized spacial score (nSPS) is 20.3. The van der Waals surface area contributed by atoms with Gasteiger partial charge in [0.05, 0.1) is 5.52 Å². The Morgan fingerprint density at radius 2 is 2.28 bits per heavy atom. The van der Waals surface area contributed by atoms with Crippen molar-refractivity contribution in [3.8, 4) is 0 Å². The Morgan fingerprint density at radius 3 is 3.11 bits per heavy atom. The van der Waals surface area contributed by atoms with Gasteiger partial charge in [0.2, 0.25) is 0 Å². The van der Waals surface area contributed by atoms with Gasteiger partial charge in [-0.05, 0) is 25.1 Å². The van der Waals surface area contributed by atoms with Gasteiger partial charge in [-0.15, -0.1) is 0 Å². The summed E-state index contributed by atoms with van der Waals surface area (Å²) in [7, 11) is 0. The zero-order valence-corrected chi connectivity index (χ0v) is 10.4. The lowest BCUT2D eigenvalue weighted by molar-refractivity contribution is 0.485. The number of hydrogen-bond donors (Lipinski definition) is 2. The Labute approximate surface area is 106 Å². The van der Waals surface area contributed by atoms with Gasteiger partial charge in [0, 0.05) is 36.7 Å². The summed E-state index contributed by atoms with van der Waals surface area (Å²) < 4.78 is 0. The number of nitrogens with two attached hydrogens (primary N) is 1. The van der Waals surface area contributed by atoms with Crippen LogP contribution in [0.1, 0.15) is 6.92 Å². The first-order valence-corrected chi connectivity index (χ1v) is 6.22. The number of nitrogens with zero attached hydrogens (tertiary/aromatic N) is 3. The van der Waals surface area contributed by atoms with E-state index in [9.17, 15) is 0 Å². The van der Waals surface area contributed by atoms with E-state index in [0.717, 1.165) is 30.5 Å². The van der Waals surface area contributed by atoms with E-state index in [2.05, 4.69) is 39.2 Å². The van der Waals surface area contributed by atoms with E-state index in [1.165, 1.54) is 12.0 Å². The van der Waals surface area contributed by atoms with Crippen LogP contribution in [-0.2, 0) is 0 Å². The fourth-order valence-electron chi connectivity index (χ4n) is 2.43. The number of piperazine rings is 1. The van der Waals surface area contributed by atoms with Crippen molar-refractivity contribution in [3.05, 3.63) is 24.5 Å². The summed E-state index contributed by atoms with van der Waals surface area (Å²) in [6.07, 6.45) is 1.50. The van der Waals surface area contributed by atoms with Crippen LogP contribution in [0.4, 0.5) is 11.5 Å². The lowest BCUT2D eigenvalue weighted by atomic mass is 10.1. The predicted octanol–water partition coefficient (Wildman–Crippen LogP) is 1.01. The molecule has 1 aromatic heterocycles. The summed E-state index contributed by atoms with van der Waals surface area (Å²) in [5.41, 5.74) is 7.99. The summed E-state index contributed by atoms with van der Waals surface area (Å²) in [5, 5.41) is 4.37. The quantitative estimate of drug-likeness (QED) is 0.782. The van der Waals surface area contributed by atoms with Crippen molar-refractivity contribution in [2.75, 3.05) is 30.3 Å². The molecule has 1 aliphatic rings. The molecule has 1 fully saturated rings. The fourth-order valence-corrected chi connectivity index (χ4v) is 2.43. The van der Waals surface area contributed by atoms with Crippen LogP contribution in [0.25, 0.3) is 10.9 Å². The molecule has 0 saturated carbocycles. The number of hydrogen-bond acceptors (Lipinski definition) is 5. The average molecular weight is 243 g/mol. The Kier molecular flexibility index (Phi) is 2.76. The van der Waals surface area contributed by atoms with E-state index < -0.39 is 0 Å². The molecule has 1 aliphatic heterocycles. The van der Waals surface area contributed by atoms with Crippen molar-refractivity contribution < 1.29 is 0 Å². The van der Waals surface area contributed by atoms with Crippen LogP contribution >= 0.6 is 0 Å². The minimum atomic E-state index is 0.513. The lowest BCUT2D eigenvalue weighted by Crippen LogP contribution is -2.49. The number of nitrogens with one attached hydrogen (secondary N) is 1. The largest absolute Gasteiger partial charge is 0.383 e. The second-order valence-electron chi connectivity index (χ2n) is 4.76. The Bertz CT molecular complexity index is 568. The molecule has 5 heteroatoms. The molecule has 0 radical (unpaired) electrons. The van der Waals surface area contributed by atoms with Crippen molar-refractivity contribution >= 4 is 22.4 Å². The highest BCUT2D eigenvalue weighted by Gasteiger charge is 2.16. The van der Waals surface area contributed by atoms with Gasteiger partial charge in [-0.2, -0.15) is 0 Å². The number of aromatic nitrogens is 2. The summed E-state index contributed by atoms with van der Waals surface area (Å²) in [6, 6.07) is 6.71. The first kappa shape index (κ1) is 11.2. The van der Waals surface area contributed by atoms with Crippen LogP contribution in [0.5, 0.6) is 0 Å². The van der Waals surface area contributed by atoms with Crippen LogP contribution < -0.4 is 16.0 Å². The summed E-state index contributed by atoms with van der Waals surface area (Å²) in [5.74, 6) is 0.546. The average Bonchev–Trinajstić information content (AvgIpc) is 2.39. The zero-order chi connectivity index (χ0) is 12.5. The van der Waals surface area contributed by atoms with Gasteiger partial charge in [-0.1, -0.05) is 0 Å². The van der Waals surface area contributed by atoms with Gasteiger partial charge in [-0.3, -0.25) is 0 Å². The van der Waals surface area contributed by atoms with E-state index in [0.29, 0.717) is 11.9 Å². The maximum absolute atomic E-state index is 5.90. The summed E-state index contributed by atoms with van der Waals surface area (Å²) >= 11 is 0. The van der Waals surface area contributed by atoms with Crippen LogP contribution in [-0.4, -0.2) is 35.6 Å². The van der Waals surface area contributed by atoms with Crippen LogP contribution in [0.3, 0.4) is 0 Å². The van der Waals surface area contributed by atoms with E-state index in [1.54, 1.807) is 0 Å². The second-order valence-corrected chi connectivity index (χ2v) is 4.76. The molecule has 0 unspecified atom stereocenters. The molecule has 1 aromatic carbocycles. The van der Waals surface area contributed by atoms with Gasteiger partial charge in [-0.25, -0.2) is 9.97 Å². The van der Waals surface area contributed by atoms with Gasteiger partial charge in [0.15, 0.2) is 0 Å². The van der Waals surface area contributed by atoms with Crippen molar-refractivity contribution in [2.45, 2.75) is 13.0 Å². The number of anilines is 2. The molecule has 0 bridgehead atoms. The molecule has 1 saturated heterocycles. The molecule has 3 rings (SSSR count). The van der Waals surface area contributed by atoms with E-state index in [1.807, 2.05) is 6.07 Å². The molecule has 1 atom stereocenters. The van der Waals surface area contributed by atoms with E-state index in [4.69, 9.17) is 5.73 Å². The summed E-state index contributed by atoms with van der Waals surface area (Å²) in [6.45, 7) is 5.24. The number of nitrogen functional groups attached to an aromatic ring is 1. The van der Waals surface area contributed by atoms with Gasteiger partial charge in [0.1, 0.15) is 12.1 Å². The van der Waals surface area contributed by atoms with Crippen LogP contribution in [0.2, 0.25) is 0 Å². The van der Waals surface area contributed by atoms with E-state index >= 15 is 0 Å². The molecule has 5 nitrogen and oxygen atoms in total. The van der Waals surface area contributed by atoms with Gasteiger partial charge >= 0.3 is 0 Å². The lowest BCUT2D eigenvalue weighted by Gasteiger charge is -2.33. The Balaban J connectivity index is 1.99. The molecular formula is C13H17N5. The smallest absolute Gasteiger partial charge is 0.134 e. The van der Waals surface area contributed by atoms with E-state index in [-0.39, 0.29) is 0 Å². The molecule has 2 heterocycles. The van der Waals surface area contributed by atoms with Crippen LogP contribution in [0.15, 0.2) is 24.5 Å². The third-order valence-corrected chi connectivity index (χ3v) is 3.38. The van der Waals surface area contributed by atoms with Gasteiger partial charge in [0.25, 0.3) is 0 Å². The first-order valence-electron chi connectivity index (χ1n) is 6.22. The molecule has 2 aromatic rings. The zero-order valence-electron chi connectivity index (χ0n) is 10.4. The molecule has 94 valence electrons. The van der Waals surface area contributed by atoms with Crippen LogP contribution in [0, 0.1) is 0 Å². The van der Waals surface area contributed by atoms with Crippen molar-refractivity contribution in [3.63, 3.8) is 0 Å². The minimum absolute atomic E-state index is 0.513. The highest BCUT2D eigenvalue weighted by Crippen LogP contribution is 2.24. The molecule has 0 spiro atoms. The minimum Gasteiger partial charge on any atom is -0.383 e. The molecule has 3 N–H and O–H groups in total. The standard InChI is InChI=1S/C13H17N5/c1-9-7-18(5-4-15-9)10-2-3-12-11(6-10)13(14)17-8-16-12/h2-3,6,8-9,15H,4-5,7H2,1H3,(H2,14,16,17)/t9-/m1/s1. The number of rotatable bonds is 1. The Hall–Kier alpha value is -1.88. The molecule has 18 heavy (non-hydrogen) atoms. The topological polar surface area (TPSA) is 67.1 Å². The first-order chi connectivity index (χ1) is 8.74. The number of benzene rings is 1. The molecular weight excluding hydrogens is 226 g/mol. The number of fused-ring (bicyclic) bond motifs is 1. The molecule has 0 amide bonds. The van der Waals surface area contributed by atoms with Gasteiger partial charge < -0.3 is 16.0 Å². The van der Waals surface area contributed by atoms with Crippen molar-refractivity contribution in [1.82, 2.24) is 15.3 Å². The highest BCUT2D eigenvalue weighted by atomic mass is 15.2. The second kappa shape index (κ2) is 4.42. The third-order valence-electron chi connectivity index (χ3n) is 3.38. The SMILES string of the molecule is C[C@@H]1CN(c2ccc3ncnc(N)c3c2)CCN1. The van der Waals surface area contributed by atoms with Crippen molar-refractivity contribution in [1.29, 1.82) is 0 Å². The summed E-state index contributed by atoms with van der Waals surface area (Å²) in [4.78, 5) is 10.6. The monoisotopic (exact) mass is 243 g/mol. The Morgan fingerprint density at radius 1 is 1.39 bits per heavy atom. The fraction of sp³-hybridized carbons (Fsp3) is 0.385. The predicted molar refractivity (Wildman–Crippen MR) is 73.6 cm³/mol. The third kappa shape index (κ3) is 1.97. The van der Waals surface area contributed by atoms with Crippen molar-refractivity contribution in [2.24, 2.45) is 0 Å². The highest BCUT2D eigenvalue weighted by molar-refractivity contribution is 5.90. The maximum Gasteiger partial charge on any atom is 0.134 e. The maximum atomic E-state index is 5.90. The molecule has 0 aliphatic carbocycles.